The van der Waals surface area contributed by atoms with Crippen LogP contribution in [-0.4, -0.2) is 43.0 Å². The third-order valence-corrected chi connectivity index (χ3v) is 5.90. The van der Waals surface area contributed by atoms with Gasteiger partial charge < -0.3 is 10.1 Å². The maximum absolute atomic E-state index is 15.0. The van der Waals surface area contributed by atoms with Crippen LogP contribution >= 0.6 is 0 Å². The van der Waals surface area contributed by atoms with E-state index in [4.69, 9.17) is 4.74 Å². The third kappa shape index (κ3) is 5.00. The van der Waals surface area contributed by atoms with Gasteiger partial charge in [0, 0.05) is 25.0 Å². The van der Waals surface area contributed by atoms with Gasteiger partial charge in [-0.05, 0) is 43.3 Å². The maximum Gasteiger partial charge on any atom is 0.417 e. The molecule has 0 saturated heterocycles. The quantitative estimate of drug-likeness (QED) is 0.223. The number of nitrogens with one attached hydrogen (secondary N) is 1. The van der Waals surface area contributed by atoms with E-state index in [0.717, 1.165) is 6.07 Å². The molecule has 0 bridgehead atoms. The van der Waals surface area contributed by atoms with E-state index in [1.54, 1.807) is 37.3 Å². The van der Waals surface area contributed by atoms with Gasteiger partial charge in [-0.25, -0.2) is 18.9 Å². The molecular weight excluding hydrogens is 532 g/mol. The molecule has 9 nitrogen and oxygen atoms in total. The Morgan fingerprint density at radius 2 is 1.80 bits per heavy atom. The molecule has 0 saturated carbocycles. The summed E-state index contributed by atoms with van der Waals surface area (Å²) in [4.78, 5) is 29.8. The molecule has 0 aliphatic heterocycles. The highest BCUT2D eigenvalue weighted by Crippen LogP contribution is 2.38. The van der Waals surface area contributed by atoms with Gasteiger partial charge in [-0.1, -0.05) is 18.2 Å². The van der Waals surface area contributed by atoms with Crippen molar-refractivity contribution in [1.82, 2.24) is 24.5 Å². The van der Waals surface area contributed by atoms with Crippen LogP contribution in [0.1, 0.15) is 33.2 Å². The summed E-state index contributed by atoms with van der Waals surface area (Å²) in [6.07, 6.45) is -2.23. The molecule has 0 unspecified atom stereocenters. The van der Waals surface area contributed by atoms with Crippen LogP contribution in [0.25, 0.3) is 28.0 Å². The van der Waals surface area contributed by atoms with E-state index in [2.05, 4.69) is 20.5 Å². The summed E-state index contributed by atoms with van der Waals surface area (Å²) >= 11 is 0. The standard InChI is InChI=1S/C27H20F4N6O3/c1-3-40-26(39)15-11-22-23(32-14-15)24(37(35-22)16-7-5-4-6-8-16)33-25(38)18-12-17(21-9-10-36(2)34-21)19(13-20(18)28)27(29,30)31/h4-14H,3H2,1-2H3,(H,33,38). The number of fused-ring (bicyclic) bond motifs is 1. The minimum atomic E-state index is -4.90. The lowest BCUT2D eigenvalue weighted by atomic mass is 9.99. The molecule has 0 spiro atoms. The van der Waals surface area contributed by atoms with Gasteiger partial charge in [0.25, 0.3) is 5.91 Å². The first-order valence-corrected chi connectivity index (χ1v) is 11.9. The van der Waals surface area contributed by atoms with E-state index in [-0.39, 0.29) is 40.8 Å². The molecule has 3 aromatic heterocycles. The fraction of sp³-hybridized carbons (Fsp3) is 0.148. The largest absolute Gasteiger partial charge is 0.462 e. The van der Waals surface area contributed by atoms with Crippen molar-refractivity contribution in [2.45, 2.75) is 13.1 Å². The minimum Gasteiger partial charge on any atom is -0.462 e. The highest BCUT2D eigenvalue weighted by Gasteiger charge is 2.36. The average Bonchev–Trinajstić information content (AvgIpc) is 3.51. The number of carbonyl (C=O) groups is 2. The van der Waals surface area contributed by atoms with Crippen molar-refractivity contribution in [3.8, 4) is 16.9 Å². The smallest absolute Gasteiger partial charge is 0.417 e. The lowest BCUT2D eigenvalue weighted by molar-refractivity contribution is -0.137. The molecule has 0 aliphatic rings. The molecule has 13 heteroatoms. The number of aryl methyl sites for hydroxylation is 1. The highest BCUT2D eigenvalue weighted by atomic mass is 19.4. The van der Waals surface area contributed by atoms with Crippen molar-refractivity contribution in [1.29, 1.82) is 0 Å². The van der Waals surface area contributed by atoms with Crippen molar-refractivity contribution in [2.24, 2.45) is 7.05 Å². The second kappa shape index (κ2) is 10.2. The van der Waals surface area contributed by atoms with Crippen LogP contribution in [0.4, 0.5) is 23.4 Å². The summed E-state index contributed by atoms with van der Waals surface area (Å²) in [7, 11) is 1.52. The number of rotatable bonds is 6. The first-order chi connectivity index (χ1) is 19.1. The van der Waals surface area contributed by atoms with Crippen molar-refractivity contribution < 1.29 is 31.9 Å². The van der Waals surface area contributed by atoms with Crippen molar-refractivity contribution >= 4 is 28.7 Å². The Bertz CT molecular complexity index is 1740. The van der Waals surface area contributed by atoms with Gasteiger partial charge in [0.1, 0.15) is 16.9 Å². The number of para-hydroxylation sites is 1. The molecule has 1 amide bonds. The summed E-state index contributed by atoms with van der Waals surface area (Å²) in [6.45, 7) is 1.80. The number of esters is 1. The molecule has 5 aromatic rings. The van der Waals surface area contributed by atoms with Crippen LogP contribution in [0.5, 0.6) is 0 Å². The molecule has 0 atom stereocenters. The van der Waals surface area contributed by atoms with Gasteiger partial charge in [0.05, 0.1) is 34.7 Å². The number of aromatic nitrogens is 5. The molecular formula is C27H20F4N6O3. The number of nitrogens with zero attached hydrogens (tertiary/aromatic N) is 5. The SMILES string of the molecule is CCOC(=O)c1cnc2c(NC(=O)c3cc(-c4ccn(C)n4)c(C(F)(F)F)cc3F)n(-c3ccccc3)nc2c1. The van der Waals surface area contributed by atoms with E-state index in [1.165, 1.54) is 40.9 Å². The van der Waals surface area contributed by atoms with Gasteiger partial charge in [0.15, 0.2) is 5.82 Å². The number of hydrogen-bond donors (Lipinski definition) is 1. The Kier molecular flexibility index (Phi) is 6.80. The Morgan fingerprint density at radius 1 is 1.05 bits per heavy atom. The predicted molar refractivity (Wildman–Crippen MR) is 136 cm³/mol. The van der Waals surface area contributed by atoms with Crippen molar-refractivity contribution in [2.75, 3.05) is 11.9 Å². The van der Waals surface area contributed by atoms with Crippen LogP contribution in [0, 0.1) is 5.82 Å². The Balaban J connectivity index is 1.62. The zero-order valence-corrected chi connectivity index (χ0v) is 21.0. The normalized spacial score (nSPS) is 11.6. The first-order valence-electron chi connectivity index (χ1n) is 11.9. The summed E-state index contributed by atoms with van der Waals surface area (Å²) in [5.74, 6) is -3.03. The zero-order valence-electron chi connectivity index (χ0n) is 21.0. The second-order valence-electron chi connectivity index (χ2n) is 8.61. The molecule has 0 aliphatic carbocycles. The van der Waals surface area contributed by atoms with Crippen molar-refractivity contribution in [3.63, 3.8) is 0 Å². The third-order valence-electron chi connectivity index (χ3n) is 5.90. The fourth-order valence-corrected chi connectivity index (χ4v) is 4.09. The number of carbonyl (C=O) groups excluding carboxylic acids is 2. The second-order valence-corrected chi connectivity index (χ2v) is 8.61. The highest BCUT2D eigenvalue weighted by molar-refractivity contribution is 6.08. The van der Waals surface area contributed by atoms with Crippen LogP contribution in [0.15, 0.2) is 67.0 Å². The van der Waals surface area contributed by atoms with Gasteiger partial charge >= 0.3 is 12.1 Å². The van der Waals surface area contributed by atoms with Gasteiger partial charge in [0.2, 0.25) is 0 Å². The monoisotopic (exact) mass is 552 g/mol. The van der Waals surface area contributed by atoms with E-state index in [9.17, 15) is 22.8 Å². The molecule has 2 aromatic carbocycles. The number of halogens is 4. The van der Waals surface area contributed by atoms with E-state index in [1.807, 2.05) is 0 Å². The lowest BCUT2D eigenvalue weighted by Crippen LogP contribution is -2.18. The van der Waals surface area contributed by atoms with Crippen LogP contribution in [0.2, 0.25) is 0 Å². The summed E-state index contributed by atoms with van der Waals surface area (Å²) in [6, 6.07) is 12.4. The average molecular weight is 552 g/mol. The maximum atomic E-state index is 15.0. The van der Waals surface area contributed by atoms with Crippen LogP contribution in [-0.2, 0) is 18.0 Å². The Labute approximate surface area is 224 Å². The summed E-state index contributed by atoms with van der Waals surface area (Å²) in [5, 5.41) is 11.0. The minimum absolute atomic E-state index is 0.0142. The molecule has 0 fully saturated rings. The van der Waals surface area contributed by atoms with E-state index in [0.29, 0.717) is 5.69 Å². The van der Waals surface area contributed by atoms with Gasteiger partial charge in [-0.15, -0.1) is 0 Å². The number of anilines is 1. The Hall–Kier alpha value is -5.07. The predicted octanol–water partition coefficient (Wildman–Crippen LogP) is 5.41. The van der Waals surface area contributed by atoms with Crippen LogP contribution < -0.4 is 5.32 Å². The number of hydrogen-bond acceptors (Lipinski definition) is 6. The van der Waals surface area contributed by atoms with Crippen molar-refractivity contribution in [3.05, 3.63) is 89.5 Å². The Morgan fingerprint density at radius 3 is 2.45 bits per heavy atom. The zero-order chi connectivity index (χ0) is 28.6. The van der Waals surface area contributed by atoms with E-state index >= 15 is 4.39 Å². The number of pyridine rings is 1. The van der Waals surface area contributed by atoms with Gasteiger partial charge in [-0.3, -0.25) is 9.48 Å². The molecule has 0 radical (unpaired) electrons. The fourth-order valence-electron chi connectivity index (χ4n) is 4.09. The summed E-state index contributed by atoms with van der Waals surface area (Å²) < 4.78 is 63.9. The lowest BCUT2D eigenvalue weighted by Gasteiger charge is -2.15. The van der Waals surface area contributed by atoms with Crippen LogP contribution in [0.3, 0.4) is 0 Å². The number of ether oxygens (including phenoxy) is 1. The summed E-state index contributed by atoms with van der Waals surface area (Å²) in [5.41, 5.74) is -1.47. The molecule has 40 heavy (non-hydrogen) atoms. The first kappa shape index (κ1) is 26.5. The molecule has 1 N–H and O–H groups in total. The number of alkyl halides is 3. The molecule has 5 rings (SSSR count). The topological polar surface area (TPSA) is 104 Å². The molecule has 204 valence electrons. The number of amides is 1. The van der Waals surface area contributed by atoms with E-state index < -0.39 is 40.6 Å². The number of benzene rings is 2. The van der Waals surface area contributed by atoms with Gasteiger partial charge in [-0.2, -0.15) is 23.4 Å². The molecule has 3 heterocycles.